The molecule has 0 saturated heterocycles. The first-order valence-electron chi connectivity index (χ1n) is 6.81. The lowest BCUT2D eigenvalue weighted by molar-refractivity contribution is 0.149. The van der Waals surface area contributed by atoms with Crippen molar-refractivity contribution in [2.45, 2.75) is 44.8 Å². The van der Waals surface area contributed by atoms with Crippen LogP contribution in [0.2, 0.25) is 0 Å². The molecule has 0 radical (unpaired) electrons. The fourth-order valence-corrected chi connectivity index (χ4v) is 2.49. The van der Waals surface area contributed by atoms with Gasteiger partial charge in [-0.15, -0.1) is 0 Å². The first kappa shape index (κ1) is 13.2. The SMILES string of the molecule is CNCc1ccc(OC)c(OC2CCCCC2)c1. The highest BCUT2D eigenvalue weighted by atomic mass is 16.5. The van der Waals surface area contributed by atoms with Gasteiger partial charge in [0.25, 0.3) is 0 Å². The summed E-state index contributed by atoms with van der Waals surface area (Å²) in [5.74, 6) is 1.72. The van der Waals surface area contributed by atoms with Gasteiger partial charge in [0.2, 0.25) is 0 Å². The lowest BCUT2D eigenvalue weighted by atomic mass is 9.98. The van der Waals surface area contributed by atoms with Gasteiger partial charge in [0.05, 0.1) is 13.2 Å². The zero-order valence-corrected chi connectivity index (χ0v) is 11.4. The molecule has 3 heteroatoms. The Morgan fingerprint density at radius 3 is 2.61 bits per heavy atom. The first-order valence-corrected chi connectivity index (χ1v) is 6.81. The van der Waals surface area contributed by atoms with Crippen molar-refractivity contribution in [3.63, 3.8) is 0 Å². The third-order valence-corrected chi connectivity index (χ3v) is 3.45. The lowest BCUT2D eigenvalue weighted by Gasteiger charge is -2.24. The summed E-state index contributed by atoms with van der Waals surface area (Å²) in [6.45, 7) is 0.852. The van der Waals surface area contributed by atoms with Crippen LogP contribution >= 0.6 is 0 Å². The minimum absolute atomic E-state index is 0.359. The Morgan fingerprint density at radius 2 is 1.94 bits per heavy atom. The summed E-state index contributed by atoms with van der Waals surface area (Å²) < 4.78 is 11.5. The molecule has 1 aromatic carbocycles. The fourth-order valence-electron chi connectivity index (χ4n) is 2.49. The maximum atomic E-state index is 6.11. The monoisotopic (exact) mass is 249 g/mol. The van der Waals surface area contributed by atoms with Crippen LogP contribution < -0.4 is 14.8 Å². The second kappa shape index (κ2) is 6.64. The number of nitrogens with one attached hydrogen (secondary N) is 1. The van der Waals surface area contributed by atoms with Crippen LogP contribution in [-0.2, 0) is 6.54 Å². The van der Waals surface area contributed by atoms with Crippen molar-refractivity contribution in [2.75, 3.05) is 14.2 Å². The molecule has 1 aromatic rings. The number of methoxy groups -OCH3 is 1. The van der Waals surface area contributed by atoms with E-state index in [0.29, 0.717) is 6.10 Å². The van der Waals surface area contributed by atoms with E-state index in [-0.39, 0.29) is 0 Å². The molecule has 0 atom stereocenters. The predicted octanol–water partition coefficient (Wildman–Crippen LogP) is 3.13. The average molecular weight is 249 g/mol. The van der Waals surface area contributed by atoms with Crippen molar-refractivity contribution in [2.24, 2.45) is 0 Å². The molecule has 1 saturated carbocycles. The van der Waals surface area contributed by atoms with Gasteiger partial charge in [-0.2, -0.15) is 0 Å². The van der Waals surface area contributed by atoms with E-state index in [9.17, 15) is 0 Å². The summed E-state index contributed by atoms with van der Waals surface area (Å²) in [7, 11) is 3.65. The van der Waals surface area contributed by atoms with Crippen molar-refractivity contribution in [1.29, 1.82) is 0 Å². The topological polar surface area (TPSA) is 30.5 Å². The molecule has 18 heavy (non-hydrogen) atoms. The summed E-state index contributed by atoms with van der Waals surface area (Å²) >= 11 is 0. The molecular formula is C15H23NO2. The number of benzene rings is 1. The molecule has 1 aliphatic carbocycles. The van der Waals surface area contributed by atoms with Gasteiger partial charge in [-0.05, 0) is 50.4 Å². The summed E-state index contributed by atoms with van der Waals surface area (Å²) in [5.41, 5.74) is 1.23. The van der Waals surface area contributed by atoms with Gasteiger partial charge < -0.3 is 14.8 Å². The van der Waals surface area contributed by atoms with Crippen molar-refractivity contribution in [3.05, 3.63) is 23.8 Å². The molecule has 0 heterocycles. The Balaban J connectivity index is 2.09. The van der Waals surface area contributed by atoms with Crippen molar-refractivity contribution < 1.29 is 9.47 Å². The number of hydrogen-bond acceptors (Lipinski definition) is 3. The Kier molecular flexibility index (Phi) is 4.88. The highest BCUT2D eigenvalue weighted by Crippen LogP contribution is 2.31. The maximum absolute atomic E-state index is 6.11. The smallest absolute Gasteiger partial charge is 0.161 e. The normalized spacial score (nSPS) is 16.6. The summed E-state index contributed by atoms with van der Waals surface area (Å²) in [6, 6.07) is 6.15. The van der Waals surface area contributed by atoms with Gasteiger partial charge in [-0.3, -0.25) is 0 Å². The van der Waals surface area contributed by atoms with Gasteiger partial charge in [-0.1, -0.05) is 12.5 Å². The maximum Gasteiger partial charge on any atom is 0.161 e. The van der Waals surface area contributed by atoms with Gasteiger partial charge in [0.1, 0.15) is 0 Å². The van der Waals surface area contributed by atoms with E-state index in [0.717, 1.165) is 18.0 Å². The molecular weight excluding hydrogens is 226 g/mol. The van der Waals surface area contributed by atoms with Crippen molar-refractivity contribution >= 4 is 0 Å². The second-order valence-corrected chi connectivity index (χ2v) is 4.89. The molecule has 1 aliphatic rings. The number of hydrogen-bond donors (Lipinski definition) is 1. The van der Waals surface area contributed by atoms with Crippen LogP contribution in [0.25, 0.3) is 0 Å². The van der Waals surface area contributed by atoms with Gasteiger partial charge in [-0.25, -0.2) is 0 Å². The van der Waals surface area contributed by atoms with Gasteiger partial charge in [0.15, 0.2) is 11.5 Å². The molecule has 0 amide bonds. The third kappa shape index (κ3) is 3.39. The number of ether oxygens (including phenoxy) is 2. The highest BCUT2D eigenvalue weighted by molar-refractivity contribution is 5.43. The first-order chi connectivity index (χ1) is 8.83. The molecule has 1 fully saturated rings. The Bertz CT molecular complexity index is 373. The van der Waals surface area contributed by atoms with Crippen LogP contribution in [0.3, 0.4) is 0 Å². The Hall–Kier alpha value is -1.22. The molecule has 0 spiro atoms. The lowest BCUT2D eigenvalue weighted by Crippen LogP contribution is -2.20. The van der Waals surface area contributed by atoms with E-state index in [2.05, 4.69) is 17.4 Å². The molecule has 0 aliphatic heterocycles. The van der Waals surface area contributed by atoms with E-state index >= 15 is 0 Å². The Morgan fingerprint density at radius 1 is 1.17 bits per heavy atom. The van der Waals surface area contributed by atoms with E-state index in [4.69, 9.17) is 9.47 Å². The molecule has 0 bridgehead atoms. The Labute approximate surface area is 109 Å². The van der Waals surface area contributed by atoms with Crippen LogP contribution in [0.15, 0.2) is 18.2 Å². The van der Waals surface area contributed by atoms with E-state index < -0.39 is 0 Å². The zero-order valence-electron chi connectivity index (χ0n) is 11.4. The largest absolute Gasteiger partial charge is 0.493 e. The second-order valence-electron chi connectivity index (χ2n) is 4.89. The minimum atomic E-state index is 0.359. The molecule has 3 nitrogen and oxygen atoms in total. The molecule has 0 aromatic heterocycles. The van der Waals surface area contributed by atoms with E-state index in [1.54, 1.807) is 7.11 Å². The standard InChI is InChI=1S/C15H23NO2/c1-16-11-12-8-9-14(17-2)15(10-12)18-13-6-4-3-5-7-13/h8-10,13,16H,3-7,11H2,1-2H3. The quantitative estimate of drug-likeness (QED) is 0.869. The highest BCUT2D eigenvalue weighted by Gasteiger charge is 2.17. The van der Waals surface area contributed by atoms with Crippen LogP contribution in [0.5, 0.6) is 11.5 Å². The van der Waals surface area contributed by atoms with Crippen LogP contribution in [0.1, 0.15) is 37.7 Å². The summed E-state index contributed by atoms with van der Waals surface area (Å²) in [6.07, 6.45) is 6.60. The average Bonchev–Trinajstić information content (AvgIpc) is 2.41. The molecule has 1 N–H and O–H groups in total. The minimum Gasteiger partial charge on any atom is -0.493 e. The van der Waals surface area contributed by atoms with E-state index in [1.807, 2.05) is 13.1 Å². The fraction of sp³-hybridized carbons (Fsp3) is 0.600. The number of rotatable bonds is 5. The van der Waals surface area contributed by atoms with E-state index in [1.165, 1.54) is 37.7 Å². The summed E-state index contributed by atoms with van der Waals surface area (Å²) in [4.78, 5) is 0. The molecule has 100 valence electrons. The third-order valence-electron chi connectivity index (χ3n) is 3.45. The van der Waals surface area contributed by atoms with Gasteiger partial charge in [0, 0.05) is 6.54 Å². The summed E-state index contributed by atoms with van der Waals surface area (Å²) in [5, 5.41) is 3.16. The predicted molar refractivity (Wildman–Crippen MR) is 73.3 cm³/mol. The molecule has 0 unspecified atom stereocenters. The zero-order chi connectivity index (χ0) is 12.8. The van der Waals surface area contributed by atoms with Crippen LogP contribution in [0, 0.1) is 0 Å². The van der Waals surface area contributed by atoms with Crippen molar-refractivity contribution in [3.8, 4) is 11.5 Å². The molecule has 2 rings (SSSR count). The van der Waals surface area contributed by atoms with Crippen LogP contribution in [-0.4, -0.2) is 20.3 Å². The van der Waals surface area contributed by atoms with Crippen molar-refractivity contribution in [1.82, 2.24) is 5.32 Å². The van der Waals surface area contributed by atoms with Gasteiger partial charge >= 0.3 is 0 Å². The van der Waals surface area contributed by atoms with Crippen LogP contribution in [0.4, 0.5) is 0 Å².